The Balaban J connectivity index is -0.0000000450. The molecule has 72 valence electrons. The second kappa shape index (κ2) is 19.8. The second-order valence-corrected chi connectivity index (χ2v) is 20.4. The van der Waals surface area contributed by atoms with Crippen molar-refractivity contribution in [1.29, 1.82) is 0 Å². The van der Waals surface area contributed by atoms with E-state index in [0.29, 0.717) is 26.3 Å². The van der Waals surface area contributed by atoms with Gasteiger partial charge in [0.25, 0.3) is 0 Å². The van der Waals surface area contributed by atoms with Crippen LogP contribution in [0, 0.1) is 35.6 Å². The van der Waals surface area contributed by atoms with E-state index >= 15 is 0 Å². The van der Waals surface area contributed by atoms with Gasteiger partial charge >= 0.3 is 128 Å². The Kier molecular flexibility index (Phi) is 37.3. The second-order valence-electron chi connectivity index (χ2n) is 1.47. The number of hydrogen-bond acceptors (Lipinski definition) is 6. The summed E-state index contributed by atoms with van der Waals surface area (Å²) in [5.74, 6) is 0. The summed E-state index contributed by atoms with van der Waals surface area (Å²) in [4.78, 5) is 0. The molecule has 0 aromatic rings. The van der Waals surface area contributed by atoms with Gasteiger partial charge in [0.15, 0.2) is 0 Å². The van der Waals surface area contributed by atoms with E-state index in [0.717, 1.165) is 0 Å². The molecule has 0 unspecified atom stereocenters. The molecule has 0 radical (unpaired) electrons. The molecular formula is H9Ge3LaO6Si3. The molecule has 0 aromatic carbocycles. The van der Waals surface area contributed by atoms with E-state index in [2.05, 4.69) is 0 Å². The maximum atomic E-state index is 9.20. The van der Waals surface area contributed by atoms with Crippen LogP contribution in [-0.2, 0) is 11.3 Å². The van der Waals surface area contributed by atoms with Crippen molar-refractivity contribution in [2.24, 2.45) is 0 Å². The van der Waals surface area contributed by atoms with Crippen molar-refractivity contribution in [3.63, 3.8) is 0 Å². The molecule has 0 saturated carbocycles. The molecule has 0 fully saturated rings. The summed E-state index contributed by atoms with van der Waals surface area (Å²) in [6.45, 7) is 0. The van der Waals surface area contributed by atoms with E-state index in [1.807, 2.05) is 0 Å². The van der Waals surface area contributed by atoms with Crippen molar-refractivity contribution >= 4 is 68.2 Å². The third-order valence-corrected chi connectivity index (χ3v) is 0. The average Bonchev–Trinajstić information content (AvgIpc) is 1.54. The molecule has 0 aromatic heterocycles. The molecule has 0 amide bonds. The van der Waals surface area contributed by atoms with Gasteiger partial charge in [-0.05, 0) is 0 Å². The normalized spacial score (nSPS) is 6.46. The Morgan fingerprint density at radius 1 is 0.692 bits per heavy atom. The zero-order valence-electron chi connectivity index (χ0n) is 7.53. The van der Waals surface area contributed by atoms with Gasteiger partial charge in [-0.1, -0.05) is 0 Å². The molecule has 6 nitrogen and oxygen atoms in total. The SMILES string of the molecule is [La+3].[O]=[Ge]([O-])[SiH3].[O]=[Ge]([O-])[SiH3].[O]=[Ge]([O-])[SiH3]. The van der Waals surface area contributed by atoms with Gasteiger partial charge < -0.3 is 0 Å². The molecule has 0 heterocycles. The fraction of sp³-hybridized carbons (Fsp3) is 0. The van der Waals surface area contributed by atoms with Crippen LogP contribution >= 0.6 is 0 Å². The van der Waals surface area contributed by atoms with E-state index in [4.69, 9.17) is 0 Å². The van der Waals surface area contributed by atoms with Crippen LogP contribution in [-0.4, -0.2) is 68.2 Å². The molecule has 0 aliphatic carbocycles. The predicted octanol–water partition coefficient (Wildman–Crippen LogP) is -8.62. The third kappa shape index (κ3) is 416. The molecular weight excluding hydrogens is 537 g/mol. The molecule has 0 atom stereocenters. The van der Waals surface area contributed by atoms with E-state index < -0.39 is 41.9 Å². The summed E-state index contributed by atoms with van der Waals surface area (Å²) in [6.07, 6.45) is 0. The van der Waals surface area contributed by atoms with Crippen molar-refractivity contribution < 1.29 is 59.3 Å². The van der Waals surface area contributed by atoms with Crippen LogP contribution in [0.15, 0.2) is 0 Å². The Morgan fingerprint density at radius 3 is 0.692 bits per heavy atom. The van der Waals surface area contributed by atoms with Crippen molar-refractivity contribution in [3.05, 3.63) is 0 Å². The van der Waals surface area contributed by atoms with E-state index in [1.165, 1.54) is 0 Å². The first kappa shape index (κ1) is 24.5. The van der Waals surface area contributed by atoms with Crippen LogP contribution in [0.1, 0.15) is 0 Å². The molecule has 0 saturated heterocycles. The van der Waals surface area contributed by atoms with Gasteiger partial charge in [0.05, 0.1) is 0 Å². The number of rotatable bonds is 0. The Hall–Kier alpha value is 2.27. The van der Waals surface area contributed by atoms with Crippen LogP contribution in [0.5, 0.6) is 0 Å². The van der Waals surface area contributed by atoms with Gasteiger partial charge in [0.2, 0.25) is 0 Å². The minimum absolute atomic E-state index is 0. The molecule has 13 heteroatoms. The van der Waals surface area contributed by atoms with E-state index in [1.54, 1.807) is 0 Å². The molecule has 0 spiro atoms. The summed E-state index contributed by atoms with van der Waals surface area (Å²) in [7, 11) is 1.21. The standard InChI is InChI=1S/3GeH3O2Si.La/c3*2-1(3)4;/h3*4H3;/q3*-1;+3. The first-order valence-electron chi connectivity index (χ1n) is 2.72. The van der Waals surface area contributed by atoms with E-state index in [-0.39, 0.29) is 35.6 Å². The van der Waals surface area contributed by atoms with Crippen LogP contribution in [0.25, 0.3) is 0 Å². The molecule has 0 aliphatic rings. The fourth-order valence-electron chi connectivity index (χ4n) is 0. The minimum atomic E-state index is -2.69. The van der Waals surface area contributed by atoms with Crippen LogP contribution in [0.3, 0.4) is 0 Å². The quantitative estimate of drug-likeness (QED) is 0.279. The number of hydrogen-bond donors (Lipinski definition) is 0. The van der Waals surface area contributed by atoms with Gasteiger partial charge in [-0.2, -0.15) is 0 Å². The fourth-order valence-corrected chi connectivity index (χ4v) is 0. The summed E-state index contributed by atoms with van der Waals surface area (Å²) < 4.78 is 55.2. The van der Waals surface area contributed by atoms with Gasteiger partial charge in [-0.15, -0.1) is 0 Å². The first-order chi connectivity index (χ1) is 5.20. The van der Waals surface area contributed by atoms with Crippen molar-refractivity contribution in [2.45, 2.75) is 0 Å². The first-order valence-corrected chi connectivity index (χ1v) is 29.7. The summed E-state index contributed by atoms with van der Waals surface area (Å²) in [5.41, 5.74) is 0. The Morgan fingerprint density at radius 2 is 0.692 bits per heavy atom. The molecule has 0 aliphatic heterocycles. The van der Waals surface area contributed by atoms with Gasteiger partial charge in [-0.25, -0.2) is 0 Å². The monoisotopic (exact) mass is 550 g/mol. The maximum absolute atomic E-state index is 9.20. The average molecular weight is 546 g/mol. The molecule has 0 bridgehead atoms. The predicted molar refractivity (Wildman–Crippen MR) is 49.1 cm³/mol. The summed E-state index contributed by atoms with van der Waals surface area (Å²) >= 11 is -8.08. The zero-order valence-corrected chi connectivity index (χ0v) is 23.4. The Labute approximate surface area is 125 Å². The Bertz CT molecular complexity index is 121. The van der Waals surface area contributed by atoms with Gasteiger partial charge in [0, 0.05) is 0 Å². The van der Waals surface area contributed by atoms with Crippen molar-refractivity contribution in [3.8, 4) is 0 Å². The summed E-state index contributed by atoms with van der Waals surface area (Å²) in [5, 5.41) is 0. The molecule has 0 N–H and O–H groups in total. The topological polar surface area (TPSA) is 120 Å². The molecule has 13 heavy (non-hydrogen) atoms. The van der Waals surface area contributed by atoms with Crippen LogP contribution < -0.4 is 12.4 Å². The summed E-state index contributed by atoms with van der Waals surface area (Å²) in [6, 6.07) is 0. The van der Waals surface area contributed by atoms with Crippen LogP contribution in [0.4, 0.5) is 0 Å². The van der Waals surface area contributed by atoms with Crippen molar-refractivity contribution in [1.82, 2.24) is 0 Å². The van der Waals surface area contributed by atoms with Crippen molar-refractivity contribution in [2.75, 3.05) is 0 Å². The van der Waals surface area contributed by atoms with Gasteiger partial charge in [-0.3, -0.25) is 0 Å². The van der Waals surface area contributed by atoms with Gasteiger partial charge in [0.1, 0.15) is 0 Å². The van der Waals surface area contributed by atoms with E-state index in [9.17, 15) is 23.7 Å². The third-order valence-electron chi connectivity index (χ3n) is 0. The zero-order chi connectivity index (χ0) is 10.7. The molecule has 0 rings (SSSR count). The van der Waals surface area contributed by atoms with Crippen LogP contribution in [0.2, 0.25) is 0 Å².